The molecule has 5 rings (SSSR count). The zero-order valence-corrected chi connectivity index (χ0v) is 28.7. The molecule has 4 nitrogen and oxygen atoms in total. The van der Waals surface area contributed by atoms with Gasteiger partial charge in [-0.1, -0.05) is 84.4 Å². The minimum atomic E-state index is -0.119. The second kappa shape index (κ2) is 14.1. The van der Waals surface area contributed by atoms with Crippen molar-refractivity contribution in [2.24, 2.45) is 11.8 Å². The molecule has 1 N–H and O–H groups in total. The Bertz CT molecular complexity index is 1580. The second-order valence-electron chi connectivity index (χ2n) is 12.1. The number of carbonyl (C=O) groups excluding carboxylic acids is 1. The smallest absolute Gasteiger partial charge is 0.162 e. The summed E-state index contributed by atoms with van der Waals surface area (Å²) in [5.41, 5.74) is 6.13. The molecule has 0 saturated carbocycles. The van der Waals surface area contributed by atoms with Crippen LogP contribution in [0.1, 0.15) is 104 Å². The summed E-state index contributed by atoms with van der Waals surface area (Å²) < 4.78 is 0. The molecule has 2 aromatic carbocycles. The maximum absolute atomic E-state index is 11.7. The number of hydrogen-bond acceptors (Lipinski definition) is 4. The molecule has 4 aromatic rings. The van der Waals surface area contributed by atoms with Crippen LogP contribution in [0.15, 0.2) is 60.8 Å². The van der Waals surface area contributed by atoms with Crippen LogP contribution in [0.25, 0.3) is 32.8 Å². The number of rotatable bonds is 8. The maximum atomic E-state index is 11.7. The molecule has 0 aliphatic heterocycles. The van der Waals surface area contributed by atoms with Crippen molar-refractivity contribution in [1.29, 1.82) is 0 Å². The molecule has 0 saturated heterocycles. The Balaban J connectivity index is 0.000000263. The third-order valence-electron chi connectivity index (χ3n) is 8.91. The molecule has 5 heteroatoms. The summed E-state index contributed by atoms with van der Waals surface area (Å²) in [6.45, 7) is 17.2. The van der Waals surface area contributed by atoms with E-state index in [1.807, 2.05) is 52.4 Å². The summed E-state index contributed by atoms with van der Waals surface area (Å²) in [6.07, 6.45) is 10.6. The molecule has 225 valence electrons. The molecule has 42 heavy (non-hydrogen) atoms. The summed E-state index contributed by atoms with van der Waals surface area (Å²) in [6, 6.07) is 14.5. The Morgan fingerprint density at radius 1 is 0.976 bits per heavy atom. The van der Waals surface area contributed by atoms with Crippen molar-refractivity contribution in [1.82, 2.24) is 9.97 Å². The predicted molar refractivity (Wildman–Crippen MR) is 171 cm³/mol. The normalized spacial score (nSPS) is 13.6. The summed E-state index contributed by atoms with van der Waals surface area (Å²) in [7, 11) is 0. The second-order valence-corrected chi connectivity index (χ2v) is 12.1. The van der Waals surface area contributed by atoms with Crippen molar-refractivity contribution < 1.29 is 30.0 Å². The predicted octanol–water partition coefficient (Wildman–Crippen LogP) is 9.88. The summed E-state index contributed by atoms with van der Waals surface area (Å²) >= 11 is 0. The van der Waals surface area contributed by atoms with Gasteiger partial charge in [0.15, 0.2) is 5.78 Å². The first-order chi connectivity index (χ1) is 19.6. The van der Waals surface area contributed by atoms with Crippen LogP contribution in [0.4, 0.5) is 0 Å². The number of carbonyl (C=O) groups is 1. The Hall–Kier alpha value is -2.88. The number of aliphatic hydroxyl groups is 1. The largest absolute Gasteiger partial charge is 0.512 e. The van der Waals surface area contributed by atoms with Gasteiger partial charge in [0.2, 0.25) is 0 Å². The van der Waals surface area contributed by atoms with Gasteiger partial charge in [0.05, 0.1) is 5.76 Å². The van der Waals surface area contributed by atoms with Crippen LogP contribution in [0.2, 0.25) is 0 Å². The molecule has 2 aromatic heterocycles. The van der Waals surface area contributed by atoms with Gasteiger partial charge >= 0.3 is 0 Å². The van der Waals surface area contributed by atoms with Crippen LogP contribution in [0.5, 0.6) is 0 Å². The van der Waals surface area contributed by atoms with Gasteiger partial charge in [-0.25, -0.2) is 0 Å². The zero-order valence-electron chi connectivity index (χ0n) is 26.3. The number of hydrogen-bond donors (Lipinski definition) is 1. The van der Waals surface area contributed by atoms with Gasteiger partial charge in [0.1, 0.15) is 0 Å². The Labute approximate surface area is 265 Å². The Kier molecular flexibility index (Phi) is 11.3. The van der Waals surface area contributed by atoms with Crippen molar-refractivity contribution in [2.75, 3.05) is 0 Å². The van der Waals surface area contributed by atoms with Gasteiger partial charge in [0, 0.05) is 50.4 Å². The molecule has 0 fully saturated rings. The number of aromatic nitrogens is 2. The van der Waals surface area contributed by atoms with Crippen molar-refractivity contribution in [3.8, 4) is 11.3 Å². The van der Waals surface area contributed by atoms with E-state index in [4.69, 9.17) is 4.98 Å². The average Bonchev–Trinajstić information content (AvgIpc) is 2.96. The van der Waals surface area contributed by atoms with Crippen molar-refractivity contribution in [2.45, 2.75) is 92.4 Å². The van der Waals surface area contributed by atoms with E-state index in [2.05, 4.69) is 63.0 Å². The molecule has 1 radical (unpaired) electrons. The number of allylic oxidation sites excluding steroid dienone is 2. The fourth-order valence-electron chi connectivity index (χ4n) is 6.21. The van der Waals surface area contributed by atoms with E-state index < -0.39 is 0 Å². The van der Waals surface area contributed by atoms with E-state index in [1.165, 1.54) is 38.9 Å². The molecule has 0 atom stereocenters. The number of fused-ring (bicyclic) bond motifs is 4. The minimum Gasteiger partial charge on any atom is -0.512 e. The molecule has 0 unspecified atom stereocenters. The molecule has 0 spiro atoms. The van der Waals surface area contributed by atoms with Crippen LogP contribution in [-0.2, 0) is 30.3 Å². The molecule has 1 aliphatic carbocycles. The van der Waals surface area contributed by atoms with E-state index >= 15 is 0 Å². The quantitative estimate of drug-likeness (QED) is 0.111. The van der Waals surface area contributed by atoms with E-state index in [1.54, 1.807) is 0 Å². The minimum absolute atomic E-state index is 0. The van der Waals surface area contributed by atoms with Gasteiger partial charge in [-0.3, -0.25) is 9.78 Å². The van der Waals surface area contributed by atoms with E-state index in [0.717, 1.165) is 42.3 Å². The summed E-state index contributed by atoms with van der Waals surface area (Å²) in [4.78, 5) is 20.8. The summed E-state index contributed by atoms with van der Waals surface area (Å²) in [5, 5.41) is 14.7. The van der Waals surface area contributed by atoms with Gasteiger partial charge in [-0.05, 0) is 76.9 Å². The number of pyridine rings is 2. The van der Waals surface area contributed by atoms with Crippen molar-refractivity contribution >= 4 is 27.3 Å². The van der Waals surface area contributed by atoms with Crippen molar-refractivity contribution in [3.05, 3.63) is 83.5 Å². The first-order valence-electron chi connectivity index (χ1n) is 15.3. The first kappa shape index (κ1) is 33.6. The fraction of sp³-hybridized carbons (Fsp3) is 0.432. The van der Waals surface area contributed by atoms with E-state index in [9.17, 15) is 9.90 Å². The van der Waals surface area contributed by atoms with Crippen LogP contribution in [0.3, 0.4) is 0 Å². The van der Waals surface area contributed by atoms with Crippen LogP contribution in [-0.4, -0.2) is 20.9 Å². The monoisotopic (exact) mass is 742 g/mol. The molecule has 0 bridgehead atoms. The van der Waals surface area contributed by atoms with Crippen LogP contribution in [0, 0.1) is 17.9 Å². The number of benzene rings is 2. The first-order valence-corrected chi connectivity index (χ1v) is 15.3. The number of nitrogens with zero attached hydrogens (tertiary/aromatic N) is 2. The molecule has 0 amide bonds. The molecular weight excluding hydrogens is 697 g/mol. The molecule has 2 heterocycles. The Morgan fingerprint density at radius 2 is 1.64 bits per heavy atom. The fourth-order valence-corrected chi connectivity index (χ4v) is 6.21. The molecule has 1 aliphatic rings. The van der Waals surface area contributed by atoms with Crippen LogP contribution < -0.4 is 0 Å². The summed E-state index contributed by atoms with van der Waals surface area (Å²) in [5.74, 6) is 1.04. The third kappa shape index (κ3) is 6.38. The van der Waals surface area contributed by atoms with E-state index in [-0.39, 0.29) is 48.9 Å². The standard InChI is InChI=1S/C24H21N2.C13H24O2.Ir/c1-14(2)17-11-15-7-10-26-23-19-6-5-16-13-25-9-8-18(16)22(19)24(3,4)20(12-17)21(15)23;1-5-10(6-2)12(14)9-13(15)11(7-3)8-4;/h5,7-14H,1-4H3;9-11,14H,5-8H2,1-4H3;/q-1;;/b;12-9-;. The zero-order chi connectivity index (χ0) is 29.9. The van der Waals surface area contributed by atoms with Gasteiger partial charge < -0.3 is 10.1 Å². The number of ketones is 1. The molecular formula is C37H45IrN2O2-. The number of aliphatic hydroxyl groups excluding tert-OH is 1. The van der Waals surface area contributed by atoms with Crippen molar-refractivity contribution in [3.63, 3.8) is 0 Å². The topological polar surface area (TPSA) is 63.1 Å². The average molecular weight is 742 g/mol. The third-order valence-corrected chi connectivity index (χ3v) is 8.91. The maximum Gasteiger partial charge on any atom is 0.162 e. The van der Waals surface area contributed by atoms with Gasteiger partial charge in [-0.15, -0.1) is 23.3 Å². The van der Waals surface area contributed by atoms with E-state index in [0.29, 0.717) is 5.92 Å². The Morgan fingerprint density at radius 3 is 2.26 bits per heavy atom. The van der Waals surface area contributed by atoms with Gasteiger partial charge in [-0.2, -0.15) is 0 Å². The van der Waals surface area contributed by atoms with Gasteiger partial charge in [0.25, 0.3) is 0 Å². The van der Waals surface area contributed by atoms with Crippen LogP contribution >= 0.6 is 0 Å². The SMILES string of the molecule is CC(C)c1cc2c3c(nccc3c1)-c1[c-]cc3cnccc3c1C2(C)C.CCC(CC)C(=O)/C=C(\O)C(CC)CC.[Ir].